The minimum absolute atomic E-state index is 0.0299. The van der Waals surface area contributed by atoms with Crippen LogP contribution in [0.3, 0.4) is 0 Å². The van der Waals surface area contributed by atoms with Crippen LogP contribution >= 0.6 is 0 Å². The Morgan fingerprint density at radius 3 is 2.76 bits per heavy atom. The van der Waals surface area contributed by atoms with E-state index in [1.807, 2.05) is 31.5 Å². The van der Waals surface area contributed by atoms with Gasteiger partial charge in [0, 0.05) is 35.5 Å². The van der Waals surface area contributed by atoms with Crippen LogP contribution in [0.4, 0.5) is 4.39 Å². The number of halogens is 1. The Labute approximate surface area is 212 Å². The summed E-state index contributed by atoms with van der Waals surface area (Å²) in [6.07, 6.45) is 2.90. The van der Waals surface area contributed by atoms with Crippen molar-refractivity contribution >= 4 is 23.0 Å². The summed E-state index contributed by atoms with van der Waals surface area (Å²) in [7, 11) is 3.16. The Hall–Kier alpha value is -4.27. The molecule has 1 aliphatic heterocycles. The third-order valence-electron chi connectivity index (χ3n) is 7.01. The van der Waals surface area contributed by atoms with E-state index >= 15 is 4.39 Å². The highest BCUT2D eigenvalue weighted by molar-refractivity contribution is 6.01. The second-order valence-corrected chi connectivity index (χ2v) is 9.16. The predicted octanol–water partition coefficient (Wildman–Crippen LogP) is 4.80. The average molecular weight is 504 g/mol. The predicted molar refractivity (Wildman–Crippen MR) is 135 cm³/mol. The number of nitrogens with zero attached hydrogens (tertiary/aromatic N) is 3. The number of ether oxygens (including phenoxy) is 2. The van der Waals surface area contributed by atoms with Gasteiger partial charge in [0.15, 0.2) is 11.6 Å². The summed E-state index contributed by atoms with van der Waals surface area (Å²) in [5, 5.41) is 10.1. The van der Waals surface area contributed by atoms with E-state index in [2.05, 4.69) is 4.98 Å². The van der Waals surface area contributed by atoms with Crippen molar-refractivity contribution in [2.24, 2.45) is 7.05 Å². The van der Waals surface area contributed by atoms with Gasteiger partial charge in [-0.15, -0.1) is 0 Å². The van der Waals surface area contributed by atoms with Crippen LogP contribution in [0.15, 0.2) is 30.5 Å². The third-order valence-corrected chi connectivity index (χ3v) is 7.01. The molecule has 4 heterocycles. The quantitative estimate of drug-likeness (QED) is 0.390. The zero-order valence-corrected chi connectivity index (χ0v) is 21.0. The molecule has 3 aromatic heterocycles. The zero-order chi connectivity index (χ0) is 26.4. The second-order valence-electron chi connectivity index (χ2n) is 9.16. The maximum absolute atomic E-state index is 15.3. The molecule has 190 valence electrons. The number of rotatable bonds is 5. The number of carbonyl (C=O) groups excluding carboxylic acids is 1. The van der Waals surface area contributed by atoms with Crippen LogP contribution in [0.5, 0.6) is 5.75 Å². The topological polar surface area (TPSA) is 104 Å². The number of methoxy groups -OCH3 is 1. The van der Waals surface area contributed by atoms with Gasteiger partial charge in [0.1, 0.15) is 11.3 Å². The summed E-state index contributed by atoms with van der Waals surface area (Å²) in [6.45, 7) is 4.23. The first-order valence-electron chi connectivity index (χ1n) is 11.9. The highest BCUT2D eigenvalue weighted by Gasteiger charge is 2.26. The minimum atomic E-state index is -1.13. The van der Waals surface area contributed by atoms with E-state index in [0.717, 1.165) is 22.9 Å². The molecule has 0 spiro atoms. The Bertz CT molecular complexity index is 1590. The smallest absolute Gasteiger partial charge is 0.354 e. The number of hydrogen-bond donors (Lipinski definition) is 1. The molecule has 0 radical (unpaired) electrons. The van der Waals surface area contributed by atoms with Crippen molar-refractivity contribution in [1.82, 2.24) is 14.5 Å². The molecule has 4 aromatic rings. The normalized spacial score (nSPS) is 12.8. The van der Waals surface area contributed by atoms with E-state index in [1.54, 1.807) is 6.07 Å². The lowest BCUT2D eigenvalue weighted by Crippen LogP contribution is -2.13. The van der Waals surface area contributed by atoms with E-state index in [4.69, 9.17) is 14.5 Å². The van der Waals surface area contributed by atoms with Crippen LogP contribution in [-0.2, 0) is 29.4 Å². The molecule has 1 N–H and O–H groups in total. The second kappa shape index (κ2) is 9.31. The number of aryl methyl sites for hydroxylation is 2. The molecular weight excluding hydrogens is 477 g/mol. The minimum Gasteiger partial charge on any atom is -0.490 e. The summed E-state index contributed by atoms with van der Waals surface area (Å²) in [5.41, 5.74) is 6.24. The Kier molecular flexibility index (Phi) is 6.15. The fourth-order valence-electron chi connectivity index (χ4n) is 5.12. The van der Waals surface area contributed by atoms with Gasteiger partial charge in [-0.2, -0.15) is 0 Å². The number of carboxylic acids is 1. The number of esters is 1. The van der Waals surface area contributed by atoms with Gasteiger partial charge in [-0.05, 0) is 73.2 Å². The molecule has 0 aliphatic carbocycles. The van der Waals surface area contributed by atoms with Crippen LogP contribution in [0.25, 0.3) is 33.4 Å². The summed E-state index contributed by atoms with van der Waals surface area (Å²) in [4.78, 5) is 32.7. The first-order valence-corrected chi connectivity index (χ1v) is 11.9. The van der Waals surface area contributed by atoms with Gasteiger partial charge in [-0.1, -0.05) is 0 Å². The molecule has 0 saturated heterocycles. The fraction of sp³-hybridized carbons (Fsp3) is 0.286. The van der Waals surface area contributed by atoms with Gasteiger partial charge in [-0.3, -0.25) is 4.79 Å². The van der Waals surface area contributed by atoms with Crippen molar-refractivity contribution in [3.05, 3.63) is 64.4 Å². The number of fused-ring (bicyclic) bond motifs is 2. The van der Waals surface area contributed by atoms with Crippen LogP contribution in [0.2, 0.25) is 0 Å². The lowest BCUT2D eigenvalue weighted by Gasteiger charge is -2.23. The molecule has 5 rings (SSSR count). The SMILES string of the molecule is COC(=O)Cc1c(C)nc2c(cc(-c3ccnc(C(=O)O)c3)n2C)c1-c1cc(F)c2c(c1C)CCCO2. The molecule has 1 aromatic carbocycles. The summed E-state index contributed by atoms with van der Waals surface area (Å²) in [6, 6.07) is 6.59. The Morgan fingerprint density at radius 1 is 1.24 bits per heavy atom. The number of benzene rings is 1. The summed E-state index contributed by atoms with van der Waals surface area (Å²) in [5.74, 6) is -1.71. The molecule has 0 bridgehead atoms. The molecule has 8 nitrogen and oxygen atoms in total. The lowest BCUT2D eigenvalue weighted by molar-refractivity contribution is -0.139. The van der Waals surface area contributed by atoms with E-state index < -0.39 is 17.8 Å². The van der Waals surface area contributed by atoms with Gasteiger partial charge in [0.05, 0.1) is 25.8 Å². The first-order chi connectivity index (χ1) is 17.7. The van der Waals surface area contributed by atoms with Gasteiger partial charge in [0.25, 0.3) is 0 Å². The van der Waals surface area contributed by atoms with Crippen LogP contribution in [0.1, 0.15) is 39.3 Å². The van der Waals surface area contributed by atoms with Gasteiger partial charge in [-0.25, -0.2) is 19.2 Å². The van der Waals surface area contributed by atoms with Crippen LogP contribution in [-0.4, -0.2) is 45.3 Å². The van der Waals surface area contributed by atoms with E-state index in [0.29, 0.717) is 52.3 Å². The molecule has 0 amide bonds. The molecule has 37 heavy (non-hydrogen) atoms. The third kappa shape index (κ3) is 4.10. The van der Waals surface area contributed by atoms with Crippen LogP contribution in [0, 0.1) is 19.7 Å². The number of pyridine rings is 2. The van der Waals surface area contributed by atoms with Gasteiger partial charge >= 0.3 is 11.9 Å². The Morgan fingerprint density at radius 2 is 2.03 bits per heavy atom. The molecular formula is C28H26FN3O5. The number of hydrogen-bond acceptors (Lipinski definition) is 6. The van der Waals surface area contributed by atoms with Gasteiger partial charge in [0.2, 0.25) is 0 Å². The standard InChI is InChI=1S/C28H26FN3O5/c1-14-17-6-5-9-37-26(17)21(29)11-18(14)25-19(13-24(33)36-4)15(2)31-27-20(25)12-23(32(27)3)16-7-8-30-22(10-16)28(34)35/h7-8,10-12H,5-6,9,13H2,1-4H3,(H,34,35). The zero-order valence-electron chi connectivity index (χ0n) is 21.0. The molecule has 9 heteroatoms. The van der Waals surface area contributed by atoms with Crippen molar-refractivity contribution in [3.63, 3.8) is 0 Å². The van der Waals surface area contributed by atoms with Crippen molar-refractivity contribution < 1.29 is 28.6 Å². The van der Waals surface area contributed by atoms with Crippen molar-refractivity contribution in [3.8, 4) is 28.1 Å². The maximum Gasteiger partial charge on any atom is 0.354 e. The fourth-order valence-corrected chi connectivity index (χ4v) is 5.12. The number of carbonyl (C=O) groups is 2. The monoisotopic (exact) mass is 503 g/mol. The van der Waals surface area contributed by atoms with E-state index in [1.165, 1.54) is 25.4 Å². The van der Waals surface area contributed by atoms with Gasteiger partial charge < -0.3 is 19.1 Å². The number of carboxylic acid groups (broad SMARTS) is 1. The summed E-state index contributed by atoms with van der Waals surface area (Å²) < 4.78 is 27.8. The highest BCUT2D eigenvalue weighted by atomic mass is 19.1. The molecule has 0 fully saturated rings. The lowest BCUT2D eigenvalue weighted by atomic mass is 9.87. The maximum atomic E-state index is 15.3. The average Bonchev–Trinajstić information content (AvgIpc) is 3.22. The van der Waals surface area contributed by atoms with E-state index in [9.17, 15) is 14.7 Å². The number of aromatic nitrogens is 3. The van der Waals surface area contributed by atoms with Crippen LogP contribution < -0.4 is 4.74 Å². The summed E-state index contributed by atoms with van der Waals surface area (Å²) >= 11 is 0. The van der Waals surface area contributed by atoms with Crippen molar-refractivity contribution in [2.45, 2.75) is 33.1 Å². The van der Waals surface area contributed by atoms with Crippen molar-refractivity contribution in [2.75, 3.05) is 13.7 Å². The molecule has 1 aliphatic rings. The largest absolute Gasteiger partial charge is 0.490 e. The van der Waals surface area contributed by atoms with Crippen molar-refractivity contribution in [1.29, 1.82) is 0 Å². The molecule has 0 saturated carbocycles. The number of aromatic carboxylic acids is 1. The Balaban J connectivity index is 1.84. The molecule has 0 atom stereocenters. The molecule has 0 unspecified atom stereocenters. The van der Waals surface area contributed by atoms with E-state index in [-0.39, 0.29) is 17.9 Å². The first kappa shape index (κ1) is 24.4. The highest BCUT2D eigenvalue weighted by Crippen LogP contribution is 2.43.